The Morgan fingerprint density at radius 2 is 2.00 bits per heavy atom. The third-order valence-corrected chi connectivity index (χ3v) is 3.26. The molecule has 0 saturated heterocycles. The van der Waals surface area contributed by atoms with Crippen molar-refractivity contribution in [2.24, 2.45) is 10.8 Å². The van der Waals surface area contributed by atoms with Gasteiger partial charge in [-0.1, -0.05) is 20.8 Å². The van der Waals surface area contributed by atoms with Crippen molar-refractivity contribution in [3.8, 4) is 0 Å². The first-order valence-electron chi connectivity index (χ1n) is 4.63. The highest BCUT2D eigenvalue weighted by molar-refractivity contribution is 5.58. The first kappa shape index (κ1) is 10.6. The second-order valence-electron chi connectivity index (χ2n) is 4.74. The van der Waals surface area contributed by atoms with Gasteiger partial charge >= 0.3 is 0 Å². The lowest BCUT2D eigenvalue weighted by atomic mass is 9.79. The molecule has 2 atom stereocenters. The summed E-state index contributed by atoms with van der Waals surface area (Å²) in [6.07, 6.45) is 1.67. The Kier molecular flexibility index (Phi) is 2.25. The summed E-state index contributed by atoms with van der Waals surface area (Å²) in [6, 6.07) is 0. The maximum absolute atomic E-state index is 12.9. The monoisotopic (exact) mass is 190 g/mol. The van der Waals surface area contributed by atoms with Crippen molar-refractivity contribution in [1.29, 1.82) is 0 Å². The molecule has 0 radical (unpaired) electrons. The van der Waals surface area contributed by atoms with Gasteiger partial charge in [-0.3, -0.25) is 0 Å². The Morgan fingerprint density at radius 1 is 1.54 bits per heavy atom. The summed E-state index contributed by atoms with van der Waals surface area (Å²) in [4.78, 5) is 10.7. The SMILES string of the molecule is CCC(C)(C=O)CC1(C)CC1(F)F. The predicted octanol–water partition coefficient (Wildman–Crippen LogP) is 3.04. The molecule has 0 heterocycles. The van der Waals surface area contributed by atoms with Crippen LogP contribution in [-0.4, -0.2) is 12.2 Å². The number of carbonyl (C=O) groups excluding carboxylic acids is 1. The maximum Gasteiger partial charge on any atom is 0.254 e. The largest absolute Gasteiger partial charge is 0.303 e. The standard InChI is InChI=1S/C10H16F2O/c1-4-8(2,7-13)5-9(3)6-10(9,11)12/h7H,4-6H2,1-3H3. The van der Waals surface area contributed by atoms with Crippen molar-refractivity contribution in [2.45, 2.75) is 46.0 Å². The van der Waals surface area contributed by atoms with Crippen LogP contribution in [0.15, 0.2) is 0 Å². The summed E-state index contributed by atoms with van der Waals surface area (Å²) >= 11 is 0. The van der Waals surface area contributed by atoms with Crippen molar-refractivity contribution in [3.63, 3.8) is 0 Å². The van der Waals surface area contributed by atoms with E-state index in [-0.39, 0.29) is 6.42 Å². The van der Waals surface area contributed by atoms with Gasteiger partial charge in [0.15, 0.2) is 0 Å². The molecule has 0 amide bonds. The predicted molar refractivity (Wildman–Crippen MR) is 46.8 cm³/mol. The van der Waals surface area contributed by atoms with E-state index in [4.69, 9.17) is 0 Å². The molecule has 0 aromatic carbocycles. The van der Waals surface area contributed by atoms with Crippen LogP contribution in [0.1, 0.15) is 40.0 Å². The van der Waals surface area contributed by atoms with Gasteiger partial charge in [0.05, 0.1) is 0 Å². The van der Waals surface area contributed by atoms with Crippen molar-refractivity contribution in [3.05, 3.63) is 0 Å². The molecule has 1 nitrogen and oxygen atoms in total. The van der Waals surface area contributed by atoms with E-state index in [1.165, 1.54) is 0 Å². The molecule has 0 aromatic heterocycles. The lowest BCUT2D eigenvalue weighted by Crippen LogP contribution is -2.23. The first-order valence-corrected chi connectivity index (χ1v) is 4.63. The molecule has 0 spiro atoms. The molecule has 76 valence electrons. The Labute approximate surface area is 77.5 Å². The minimum absolute atomic E-state index is 0.0660. The highest BCUT2D eigenvalue weighted by Gasteiger charge is 2.68. The maximum atomic E-state index is 12.9. The van der Waals surface area contributed by atoms with Gasteiger partial charge in [0.2, 0.25) is 0 Å². The third-order valence-electron chi connectivity index (χ3n) is 3.26. The highest BCUT2D eigenvalue weighted by Crippen LogP contribution is 2.64. The van der Waals surface area contributed by atoms with Crippen LogP contribution >= 0.6 is 0 Å². The van der Waals surface area contributed by atoms with E-state index in [1.54, 1.807) is 13.8 Å². The fraction of sp³-hybridized carbons (Fsp3) is 0.900. The fourth-order valence-electron chi connectivity index (χ4n) is 1.78. The van der Waals surface area contributed by atoms with Crippen molar-refractivity contribution in [1.82, 2.24) is 0 Å². The van der Waals surface area contributed by atoms with Gasteiger partial charge in [-0.15, -0.1) is 0 Å². The van der Waals surface area contributed by atoms with Gasteiger partial charge < -0.3 is 4.79 Å². The average Bonchev–Trinajstić information content (AvgIpc) is 2.50. The number of hydrogen-bond donors (Lipinski definition) is 0. The zero-order chi connectivity index (χ0) is 10.3. The highest BCUT2D eigenvalue weighted by atomic mass is 19.3. The van der Waals surface area contributed by atoms with E-state index >= 15 is 0 Å². The summed E-state index contributed by atoms with van der Waals surface area (Å²) in [7, 11) is 0. The molecule has 1 fully saturated rings. The Hall–Kier alpha value is -0.470. The van der Waals surface area contributed by atoms with Crippen molar-refractivity contribution in [2.75, 3.05) is 0 Å². The molecule has 1 rings (SSSR count). The topological polar surface area (TPSA) is 17.1 Å². The molecular weight excluding hydrogens is 174 g/mol. The molecular formula is C10H16F2O. The number of alkyl halides is 2. The van der Waals surface area contributed by atoms with E-state index in [0.29, 0.717) is 12.8 Å². The zero-order valence-electron chi connectivity index (χ0n) is 8.36. The van der Waals surface area contributed by atoms with Crippen LogP contribution in [0.2, 0.25) is 0 Å². The van der Waals surface area contributed by atoms with Crippen LogP contribution in [0.25, 0.3) is 0 Å². The normalized spacial score (nSPS) is 35.2. The number of carbonyl (C=O) groups is 1. The second-order valence-corrected chi connectivity index (χ2v) is 4.74. The lowest BCUT2D eigenvalue weighted by Gasteiger charge is -2.24. The van der Waals surface area contributed by atoms with E-state index < -0.39 is 16.8 Å². The van der Waals surface area contributed by atoms with E-state index in [2.05, 4.69) is 0 Å². The van der Waals surface area contributed by atoms with Crippen LogP contribution in [0.5, 0.6) is 0 Å². The van der Waals surface area contributed by atoms with Gasteiger partial charge in [0.1, 0.15) is 6.29 Å². The number of hydrogen-bond acceptors (Lipinski definition) is 1. The molecule has 3 heteroatoms. The summed E-state index contributed by atoms with van der Waals surface area (Å²) < 4.78 is 25.7. The molecule has 0 bridgehead atoms. The fourth-order valence-corrected chi connectivity index (χ4v) is 1.78. The Bertz CT molecular complexity index is 227. The summed E-state index contributed by atoms with van der Waals surface area (Å²) in [5.41, 5.74) is -1.51. The smallest absolute Gasteiger partial charge is 0.254 e. The lowest BCUT2D eigenvalue weighted by molar-refractivity contribution is -0.117. The Balaban J connectivity index is 2.64. The Morgan fingerprint density at radius 3 is 2.23 bits per heavy atom. The molecule has 13 heavy (non-hydrogen) atoms. The van der Waals surface area contributed by atoms with Crippen LogP contribution in [0, 0.1) is 10.8 Å². The minimum atomic E-state index is -2.55. The van der Waals surface area contributed by atoms with E-state index in [0.717, 1.165) is 6.29 Å². The molecule has 1 aliphatic rings. The van der Waals surface area contributed by atoms with Gasteiger partial charge in [0, 0.05) is 17.3 Å². The number of halogens is 2. The number of rotatable bonds is 4. The molecule has 0 aromatic rings. The van der Waals surface area contributed by atoms with E-state index in [1.807, 2.05) is 6.92 Å². The van der Waals surface area contributed by atoms with Crippen LogP contribution in [0.3, 0.4) is 0 Å². The molecule has 0 aliphatic heterocycles. The molecule has 0 N–H and O–H groups in total. The molecule has 1 saturated carbocycles. The van der Waals surface area contributed by atoms with Gasteiger partial charge in [-0.05, 0) is 12.8 Å². The van der Waals surface area contributed by atoms with Crippen molar-refractivity contribution >= 4 is 6.29 Å². The van der Waals surface area contributed by atoms with Gasteiger partial charge in [-0.2, -0.15) is 0 Å². The first-order chi connectivity index (χ1) is 5.79. The quantitative estimate of drug-likeness (QED) is 0.623. The zero-order valence-corrected chi connectivity index (χ0v) is 8.36. The summed E-state index contributed by atoms with van der Waals surface area (Å²) in [6.45, 7) is 5.17. The minimum Gasteiger partial charge on any atom is -0.303 e. The molecule has 2 unspecified atom stereocenters. The summed E-state index contributed by atoms with van der Waals surface area (Å²) in [5.74, 6) is -2.55. The van der Waals surface area contributed by atoms with Gasteiger partial charge in [-0.25, -0.2) is 8.78 Å². The number of aldehydes is 1. The second kappa shape index (κ2) is 2.76. The molecule has 1 aliphatic carbocycles. The van der Waals surface area contributed by atoms with Gasteiger partial charge in [0.25, 0.3) is 5.92 Å². The van der Waals surface area contributed by atoms with Crippen LogP contribution in [-0.2, 0) is 4.79 Å². The third kappa shape index (κ3) is 1.74. The van der Waals surface area contributed by atoms with Crippen LogP contribution in [0.4, 0.5) is 8.78 Å². The van der Waals surface area contributed by atoms with E-state index in [9.17, 15) is 13.6 Å². The average molecular weight is 190 g/mol. The summed E-state index contributed by atoms with van der Waals surface area (Å²) in [5, 5.41) is 0. The van der Waals surface area contributed by atoms with Crippen LogP contribution < -0.4 is 0 Å². The van der Waals surface area contributed by atoms with Crippen molar-refractivity contribution < 1.29 is 13.6 Å².